The highest BCUT2D eigenvalue weighted by atomic mass is 16.3. The first-order valence-electron chi connectivity index (χ1n) is 11.9. The van der Waals surface area contributed by atoms with Crippen molar-refractivity contribution in [2.24, 2.45) is 20.0 Å². The molecule has 0 fully saturated rings. The van der Waals surface area contributed by atoms with Crippen LogP contribution in [0.5, 0.6) is 11.5 Å². The average molecular weight is 461 g/mol. The molecule has 0 saturated carbocycles. The number of phenols is 2. The summed E-state index contributed by atoms with van der Waals surface area (Å²) in [5, 5.41) is 21.7. The summed E-state index contributed by atoms with van der Waals surface area (Å²) in [7, 11) is 0. The molecule has 0 saturated heterocycles. The Hall–Kier alpha value is -3.28. The van der Waals surface area contributed by atoms with Crippen LogP contribution < -0.4 is 0 Å². The van der Waals surface area contributed by atoms with Gasteiger partial charge in [-0.3, -0.25) is 20.0 Å². The summed E-state index contributed by atoms with van der Waals surface area (Å²) in [6, 6.07) is 7.82. The summed E-state index contributed by atoms with van der Waals surface area (Å²) in [5.74, 6) is 0.330. The summed E-state index contributed by atoms with van der Waals surface area (Å²) >= 11 is 0. The van der Waals surface area contributed by atoms with Gasteiger partial charge >= 0.3 is 0 Å². The van der Waals surface area contributed by atoms with E-state index in [0.29, 0.717) is 35.3 Å². The number of aromatic hydroxyl groups is 2. The van der Waals surface area contributed by atoms with Crippen LogP contribution in [-0.2, 0) is 12.8 Å². The van der Waals surface area contributed by atoms with E-state index in [-0.39, 0.29) is 11.5 Å². The van der Waals surface area contributed by atoms with Gasteiger partial charge in [-0.05, 0) is 75.9 Å². The molecule has 2 N–H and O–H groups in total. The van der Waals surface area contributed by atoms with Gasteiger partial charge in [0.25, 0.3) is 0 Å². The van der Waals surface area contributed by atoms with Crippen molar-refractivity contribution in [1.82, 2.24) is 0 Å². The molecular weight excluding hydrogens is 424 g/mol. The molecule has 1 aliphatic heterocycles. The fourth-order valence-corrected chi connectivity index (χ4v) is 3.60. The predicted molar refractivity (Wildman–Crippen MR) is 143 cm³/mol. The van der Waals surface area contributed by atoms with Crippen LogP contribution in [0.1, 0.15) is 74.9 Å². The topological polar surface area (TPSA) is 89.9 Å². The van der Waals surface area contributed by atoms with Crippen LogP contribution >= 0.6 is 0 Å². The number of aryl methyl sites for hydroxylation is 2. The highest BCUT2D eigenvalue weighted by Crippen LogP contribution is 2.26. The Labute approximate surface area is 202 Å². The molecule has 1 heterocycles. The standard InChI is InChI=1S/C28H36N4O2/c1-7-19-9-21-13-29-17-27(3,4)31-15-23-11-20(8-2)12-24(26(23)34)16-32-28(5,6)18-30-14-22(10-19)25(21)33/h9-16,33-34H,7-8,17-18H2,1-6H3. The Morgan fingerprint density at radius 2 is 0.941 bits per heavy atom. The zero-order valence-corrected chi connectivity index (χ0v) is 21.1. The predicted octanol–water partition coefficient (Wildman–Crippen LogP) is 5.17. The largest absolute Gasteiger partial charge is 0.507 e. The van der Waals surface area contributed by atoms with Gasteiger partial charge in [-0.15, -0.1) is 0 Å². The molecule has 180 valence electrons. The second-order valence-electron chi connectivity index (χ2n) is 10.0. The van der Waals surface area contributed by atoms with E-state index in [4.69, 9.17) is 9.98 Å². The summed E-state index contributed by atoms with van der Waals surface area (Å²) in [4.78, 5) is 18.6. The maximum Gasteiger partial charge on any atom is 0.133 e. The quantitative estimate of drug-likeness (QED) is 0.647. The lowest BCUT2D eigenvalue weighted by Crippen LogP contribution is -2.22. The van der Waals surface area contributed by atoms with Gasteiger partial charge in [0.2, 0.25) is 0 Å². The molecule has 1 aliphatic rings. The van der Waals surface area contributed by atoms with E-state index in [1.807, 2.05) is 52.0 Å². The van der Waals surface area contributed by atoms with Crippen LogP contribution in [0, 0.1) is 0 Å². The van der Waals surface area contributed by atoms with Gasteiger partial charge in [0, 0.05) is 47.1 Å². The monoisotopic (exact) mass is 460 g/mol. The second kappa shape index (κ2) is 10.3. The van der Waals surface area contributed by atoms with Gasteiger partial charge in [-0.1, -0.05) is 13.8 Å². The van der Waals surface area contributed by atoms with Crippen molar-refractivity contribution in [1.29, 1.82) is 0 Å². The lowest BCUT2D eigenvalue weighted by atomic mass is 10.0. The Morgan fingerprint density at radius 1 is 0.618 bits per heavy atom. The first-order valence-corrected chi connectivity index (χ1v) is 11.9. The third-order valence-electron chi connectivity index (χ3n) is 5.80. The average Bonchev–Trinajstić information content (AvgIpc) is 2.79. The smallest absolute Gasteiger partial charge is 0.133 e. The maximum atomic E-state index is 10.9. The maximum absolute atomic E-state index is 10.9. The molecule has 0 aliphatic carbocycles. The molecular formula is C28H36N4O2. The van der Waals surface area contributed by atoms with Gasteiger partial charge in [-0.2, -0.15) is 0 Å². The molecule has 4 bridgehead atoms. The van der Waals surface area contributed by atoms with E-state index in [1.54, 1.807) is 24.9 Å². The number of benzene rings is 2. The number of rotatable bonds is 2. The van der Waals surface area contributed by atoms with Crippen LogP contribution in [0.4, 0.5) is 0 Å². The lowest BCUT2D eigenvalue weighted by molar-refractivity contribution is 0.471. The van der Waals surface area contributed by atoms with Gasteiger partial charge in [-0.25, -0.2) is 0 Å². The molecule has 0 radical (unpaired) electrons. The summed E-state index contributed by atoms with van der Waals surface area (Å²) < 4.78 is 0. The van der Waals surface area contributed by atoms with Crippen molar-refractivity contribution in [3.05, 3.63) is 57.6 Å². The molecule has 6 heteroatoms. The minimum Gasteiger partial charge on any atom is -0.507 e. The van der Waals surface area contributed by atoms with Crippen molar-refractivity contribution in [2.75, 3.05) is 13.1 Å². The molecule has 2 aromatic carbocycles. The SMILES string of the molecule is CCc1cc2c(O)c(c1)C=NCC(C)(C)N=Cc1cc(CC)cc(c1O)C=NC(C)(C)CN=C2. The number of aliphatic imine (C=N–C) groups is 4. The first-order chi connectivity index (χ1) is 16.0. The van der Waals surface area contributed by atoms with E-state index in [2.05, 4.69) is 23.8 Å². The van der Waals surface area contributed by atoms with Crippen molar-refractivity contribution < 1.29 is 10.2 Å². The molecule has 0 atom stereocenters. The van der Waals surface area contributed by atoms with Gasteiger partial charge in [0.15, 0.2) is 0 Å². The van der Waals surface area contributed by atoms with Gasteiger partial charge < -0.3 is 10.2 Å². The third kappa shape index (κ3) is 6.40. The number of phenolic OH excluding ortho intramolecular Hbond substituents is 2. The summed E-state index contributed by atoms with van der Waals surface area (Å²) in [6.45, 7) is 13.0. The normalized spacial score (nSPS) is 17.4. The van der Waals surface area contributed by atoms with E-state index in [0.717, 1.165) is 24.0 Å². The van der Waals surface area contributed by atoms with E-state index >= 15 is 0 Å². The Kier molecular flexibility index (Phi) is 7.70. The molecule has 2 aromatic rings. The molecule has 3 rings (SSSR count). The zero-order valence-electron chi connectivity index (χ0n) is 21.1. The van der Waals surface area contributed by atoms with Crippen molar-refractivity contribution in [3.63, 3.8) is 0 Å². The van der Waals surface area contributed by atoms with Crippen molar-refractivity contribution in [3.8, 4) is 11.5 Å². The number of nitrogens with zero attached hydrogens (tertiary/aromatic N) is 4. The van der Waals surface area contributed by atoms with E-state index < -0.39 is 11.1 Å². The summed E-state index contributed by atoms with van der Waals surface area (Å²) in [6.07, 6.45) is 8.51. The number of hydrogen-bond donors (Lipinski definition) is 2. The minimum atomic E-state index is -0.491. The van der Waals surface area contributed by atoms with Crippen LogP contribution in [0.15, 0.2) is 44.2 Å². The van der Waals surface area contributed by atoms with Gasteiger partial charge in [0.05, 0.1) is 24.2 Å². The van der Waals surface area contributed by atoms with Crippen molar-refractivity contribution in [2.45, 2.75) is 65.5 Å². The minimum absolute atomic E-state index is 0.163. The Balaban J connectivity index is 2.12. The first kappa shape index (κ1) is 25.3. The molecule has 0 spiro atoms. The summed E-state index contributed by atoms with van der Waals surface area (Å²) in [5.41, 5.74) is 3.87. The molecule has 0 unspecified atom stereocenters. The fraction of sp³-hybridized carbons (Fsp3) is 0.429. The van der Waals surface area contributed by atoms with E-state index in [1.165, 1.54) is 0 Å². The molecule has 6 nitrogen and oxygen atoms in total. The van der Waals surface area contributed by atoms with Crippen LogP contribution in [0.3, 0.4) is 0 Å². The lowest BCUT2D eigenvalue weighted by Gasteiger charge is -2.18. The Morgan fingerprint density at radius 3 is 1.26 bits per heavy atom. The highest BCUT2D eigenvalue weighted by molar-refractivity contribution is 5.93. The van der Waals surface area contributed by atoms with Crippen molar-refractivity contribution >= 4 is 24.9 Å². The van der Waals surface area contributed by atoms with E-state index in [9.17, 15) is 10.2 Å². The van der Waals surface area contributed by atoms with Crippen LogP contribution in [0.2, 0.25) is 0 Å². The third-order valence-corrected chi connectivity index (χ3v) is 5.80. The fourth-order valence-electron chi connectivity index (χ4n) is 3.60. The Bertz CT molecular complexity index is 1080. The second-order valence-corrected chi connectivity index (χ2v) is 10.0. The van der Waals surface area contributed by atoms with Crippen LogP contribution in [0.25, 0.3) is 0 Å². The number of fused-ring (bicyclic) bond motifs is 4. The molecule has 34 heavy (non-hydrogen) atoms. The molecule has 0 aromatic heterocycles. The zero-order chi connectivity index (χ0) is 24.9. The van der Waals surface area contributed by atoms with Crippen LogP contribution in [-0.4, -0.2) is 59.2 Å². The van der Waals surface area contributed by atoms with Gasteiger partial charge in [0.1, 0.15) is 11.5 Å². The highest BCUT2D eigenvalue weighted by Gasteiger charge is 2.18. The molecule has 0 amide bonds. The number of hydrogen-bond acceptors (Lipinski definition) is 6.